The Kier molecular flexibility index (Phi) is 7.73. The van der Waals surface area contributed by atoms with E-state index in [4.69, 9.17) is 10.8 Å². The average molecular weight is 353 g/mol. The van der Waals surface area contributed by atoms with Gasteiger partial charge >= 0.3 is 5.97 Å². The summed E-state index contributed by atoms with van der Waals surface area (Å²) < 4.78 is 0. The predicted octanol–water partition coefficient (Wildman–Crippen LogP) is 1.11. The molecule has 0 aliphatic rings. The van der Waals surface area contributed by atoms with E-state index in [9.17, 15) is 14.4 Å². The SMILES string of the molecule is CC(C)C[C@H](NC(=O)c1ccc(NC(=O)[C@@H](N)CS)cc1)C(=O)O. The number of hydrogen-bond acceptors (Lipinski definition) is 5. The Labute approximate surface area is 146 Å². The van der Waals surface area contributed by atoms with E-state index in [0.29, 0.717) is 17.7 Å². The zero-order valence-corrected chi connectivity index (χ0v) is 14.5. The fraction of sp³-hybridized carbons (Fsp3) is 0.438. The molecule has 0 aliphatic carbocycles. The first-order valence-corrected chi connectivity index (χ1v) is 8.18. The topological polar surface area (TPSA) is 122 Å². The van der Waals surface area contributed by atoms with E-state index in [1.165, 1.54) is 12.1 Å². The minimum Gasteiger partial charge on any atom is -0.480 e. The number of amides is 2. The zero-order chi connectivity index (χ0) is 18.3. The van der Waals surface area contributed by atoms with E-state index in [-0.39, 0.29) is 17.6 Å². The van der Waals surface area contributed by atoms with Crippen LogP contribution in [0.3, 0.4) is 0 Å². The molecule has 1 aromatic carbocycles. The van der Waals surface area contributed by atoms with Gasteiger partial charge in [0.05, 0.1) is 6.04 Å². The van der Waals surface area contributed by atoms with E-state index in [1.54, 1.807) is 12.1 Å². The van der Waals surface area contributed by atoms with E-state index in [2.05, 4.69) is 23.3 Å². The van der Waals surface area contributed by atoms with E-state index in [0.717, 1.165) is 0 Å². The second-order valence-electron chi connectivity index (χ2n) is 5.85. The number of carbonyl (C=O) groups is 3. The van der Waals surface area contributed by atoms with Crippen molar-refractivity contribution >= 4 is 36.1 Å². The molecule has 0 unspecified atom stereocenters. The summed E-state index contributed by atoms with van der Waals surface area (Å²) in [4.78, 5) is 35.0. The molecule has 8 heteroatoms. The van der Waals surface area contributed by atoms with Crippen molar-refractivity contribution in [2.45, 2.75) is 32.4 Å². The smallest absolute Gasteiger partial charge is 0.326 e. The molecule has 0 saturated carbocycles. The molecule has 1 aromatic rings. The van der Waals surface area contributed by atoms with Crippen LogP contribution in [-0.4, -0.2) is 40.7 Å². The molecule has 24 heavy (non-hydrogen) atoms. The van der Waals surface area contributed by atoms with Crippen LogP contribution in [0.4, 0.5) is 5.69 Å². The van der Waals surface area contributed by atoms with Gasteiger partial charge in [0.25, 0.3) is 5.91 Å². The third-order valence-electron chi connectivity index (χ3n) is 3.26. The van der Waals surface area contributed by atoms with E-state index in [1.807, 2.05) is 13.8 Å². The number of anilines is 1. The summed E-state index contributed by atoms with van der Waals surface area (Å²) in [5.74, 6) is -1.56. The number of carboxylic acid groups (broad SMARTS) is 1. The molecule has 0 bridgehead atoms. The lowest BCUT2D eigenvalue weighted by molar-refractivity contribution is -0.139. The number of nitrogens with two attached hydrogens (primary N) is 1. The normalized spacial score (nSPS) is 13.2. The monoisotopic (exact) mass is 353 g/mol. The summed E-state index contributed by atoms with van der Waals surface area (Å²) in [5, 5.41) is 14.3. The molecule has 0 fully saturated rings. The van der Waals surface area contributed by atoms with Crippen molar-refractivity contribution in [1.29, 1.82) is 0 Å². The molecule has 7 nitrogen and oxygen atoms in total. The van der Waals surface area contributed by atoms with Gasteiger partial charge in [0.15, 0.2) is 0 Å². The highest BCUT2D eigenvalue weighted by Gasteiger charge is 2.21. The molecular weight excluding hydrogens is 330 g/mol. The van der Waals surface area contributed by atoms with Crippen molar-refractivity contribution < 1.29 is 19.5 Å². The second kappa shape index (κ2) is 9.29. The Morgan fingerprint density at radius 2 is 1.79 bits per heavy atom. The van der Waals surface area contributed by atoms with E-state index < -0.39 is 24.0 Å². The fourth-order valence-electron chi connectivity index (χ4n) is 1.96. The van der Waals surface area contributed by atoms with Gasteiger partial charge in [-0.2, -0.15) is 12.6 Å². The van der Waals surface area contributed by atoms with Crippen LogP contribution in [0.5, 0.6) is 0 Å². The Bertz CT molecular complexity index is 589. The second-order valence-corrected chi connectivity index (χ2v) is 6.21. The number of rotatable bonds is 8. The maximum atomic E-state index is 12.1. The standard InChI is InChI=1S/C16H23N3O4S/c1-9(2)7-13(16(22)23)19-14(20)10-3-5-11(6-4-10)18-15(21)12(17)8-24/h3-6,9,12-13,24H,7-8,17H2,1-2H3,(H,18,21)(H,19,20)(H,22,23)/t12-,13-/m0/s1. The van der Waals surface area contributed by atoms with Crippen LogP contribution < -0.4 is 16.4 Å². The van der Waals surface area contributed by atoms with Crippen molar-refractivity contribution in [3.8, 4) is 0 Å². The summed E-state index contributed by atoms with van der Waals surface area (Å²) in [6.45, 7) is 3.77. The van der Waals surface area contributed by atoms with Gasteiger partial charge in [-0.05, 0) is 36.6 Å². The maximum Gasteiger partial charge on any atom is 0.326 e. The molecule has 0 radical (unpaired) electrons. The lowest BCUT2D eigenvalue weighted by Gasteiger charge is -2.16. The summed E-state index contributed by atoms with van der Waals surface area (Å²) in [6.07, 6.45) is 0.344. The van der Waals surface area contributed by atoms with Crippen LogP contribution in [0.2, 0.25) is 0 Å². The molecule has 0 heterocycles. The van der Waals surface area contributed by atoms with Crippen molar-refractivity contribution in [3.63, 3.8) is 0 Å². The Balaban J connectivity index is 2.72. The number of hydrogen-bond donors (Lipinski definition) is 5. The van der Waals surface area contributed by atoms with Crippen LogP contribution in [0.25, 0.3) is 0 Å². The third-order valence-corrected chi connectivity index (χ3v) is 3.65. The lowest BCUT2D eigenvalue weighted by Crippen LogP contribution is -2.41. The summed E-state index contributed by atoms with van der Waals surface area (Å²) >= 11 is 3.95. The fourth-order valence-corrected chi connectivity index (χ4v) is 2.12. The summed E-state index contributed by atoms with van der Waals surface area (Å²) in [5.41, 5.74) is 6.36. The molecule has 1 rings (SSSR count). The van der Waals surface area contributed by atoms with Crippen LogP contribution in [-0.2, 0) is 9.59 Å². The van der Waals surface area contributed by atoms with Gasteiger partial charge < -0.3 is 21.5 Å². The number of nitrogens with one attached hydrogen (secondary N) is 2. The van der Waals surface area contributed by atoms with Crippen LogP contribution >= 0.6 is 12.6 Å². The number of carbonyl (C=O) groups excluding carboxylic acids is 2. The lowest BCUT2D eigenvalue weighted by atomic mass is 10.0. The van der Waals surface area contributed by atoms with Crippen LogP contribution in [0, 0.1) is 5.92 Å². The molecule has 5 N–H and O–H groups in total. The van der Waals surface area contributed by atoms with Crippen molar-refractivity contribution in [2.24, 2.45) is 11.7 Å². The van der Waals surface area contributed by atoms with Crippen molar-refractivity contribution in [3.05, 3.63) is 29.8 Å². The third kappa shape index (κ3) is 6.21. The molecule has 2 atom stereocenters. The quantitative estimate of drug-likeness (QED) is 0.448. The highest BCUT2D eigenvalue weighted by Crippen LogP contribution is 2.11. The Morgan fingerprint density at radius 1 is 1.21 bits per heavy atom. The highest BCUT2D eigenvalue weighted by atomic mass is 32.1. The first-order valence-electron chi connectivity index (χ1n) is 7.55. The minimum absolute atomic E-state index is 0.139. The molecule has 0 saturated heterocycles. The molecule has 0 aliphatic heterocycles. The summed E-state index contributed by atoms with van der Waals surface area (Å²) in [6, 6.07) is 4.46. The van der Waals surface area contributed by atoms with Gasteiger partial charge in [-0.15, -0.1) is 0 Å². The first-order chi connectivity index (χ1) is 11.2. The van der Waals surface area contributed by atoms with Crippen molar-refractivity contribution in [2.75, 3.05) is 11.1 Å². The molecular formula is C16H23N3O4S. The number of benzene rings is 1. The van der Waals surface area contributed by atoms with E-state index >= 15 is 0 Å². The van der Waals surface area contributed by atoms with Gasteiger partial charge in [-0.25, -0.2) is 4.79 Å². The minimum atomic E-state index is -1.07. The number of carboxylic acids is 1. The molecule has 2 amide bonds. The number of thiol groups is 1. The molecule has 0 aromatic heterocycles. The van der Waals surface area contributed by atoms with Crippen LogP contribution in [0.1, 0.15) is 30.6 Å². The predicted molar refractivity (Wildman–Crippen MR) is 95.2 cm³/mol. The van der Waals surface area contributed by atoms with Gasteiger partial charge in [-0.1, -0.05) is 13.8 Å². The molecule has 0 spiro atoms. The van der Waals surface area contributed by atoms with Crippen molar-refractivity contribution in [1.82, 2.24) is 5.32 Å². The van der Waals surface area contributed by atoms with Crippen LogP contribution in [0.15, 0.2) is 24.3 Å². The van der Waals surface area contributed by atoms with Gasteiger partial charge in [0, 0.05) is 17.0 Å². The first kappa shape index (κ1) is 20.0. The van der Waals surface area contributed by atoms with Gasteiger partial charge in [0.2, 0.25) is 5.91 Å². The maximum absolute atomic E-state index is 12.1. The van der Waals surface area contributed by atoms with Gasteiger partial charge in [0.1, 0.15) is 6.04 Å². The Morgan fingerprint density at radius 3 is 2.25 bits per heavy atom. The largest absolute Gasteiger partial charge is 0.480 e. The van der Waals surface area contributed by atoms with Gasteiger partial charge in [-0.3, -0.25) is 9.59 Å². The number of aliphatic carboxylic acids is 1. The zero-order valence-electron chi connectivity index (χ0n) is 13.7. The Hall–Kier alpha value is -2.06. The highest BCUT2D eigenvalue weighted by molar-refractivity contribution is 7.80. The molecule has 132 valence electrons. The summed E-state index contributed by atoms with van der Waals surface area (Å²) in [7, 11) is 0. The average Bonchev–Trinajstić information content (AvgIpc) is 2.53.